The summed E-state index contributed by atoms with van der Waals surface area (Å²) in [6.07, 6.45) is -0.454. The van der Waals surface area contributed by atoms with Crippen LogP contribution in [0.3, 0.4) is 0 Å². The highest BCUT2D eigenvalue weighted by atomic mass is 32.2. The molecule has 0 bridgehead atoms. The van der Waals surface area contributed by atoms with Crippen molar-refractivity contribution in [3.63, 3.8) is 0 Å². The van der Waals surface area contributed by atoms with Gasteiger partial charge in [0.15, 0.2) is 6.10 Å². The van der Waals surface area contributed by atoms with Crippen LogP contribution in [0.5, 0.6) is 5.75 Å². The van der Waals surface area contributed by atoms with Crippen molar-refractivity contribution in [3.8, 4) is 5.75 Å². The van der Waals surface area contributed by atoms with Crippen LogP contribution in [-0.4, -0.2) is 27.0 Å². The number of hydrogen-bond donors (Lipinski definition) is 2. The Hall–Kier alpha value is -2.38. The normalized spacial score (nSPS) is 16.7. The van der Waals surface area contributed by atoms with Gasteiger partial charge in [-0.25, -0.2) is 13.1 Å². The second-order valence-corrected chi connectivity index (χ2v) is 7.83. The van der Waals surface area contributed by atoms with Crippen LogP contribution in [-0.2, 0) is 20.6 Å². The maximum absolute atomic E-state index is 12.2. The summed E-state index contributed by atoms with van der Waals surface area (Å²) in [6, 6.07) is 14.5. The van der Waals surface area contributed by atoms with Crippen LogP contribution in [0.1, 0.15) is 17.5 Å². The van der Waals surface area contributed by atoms with E-state index in [2.05, 4.69) is 10.0 Å². The van der Waals surface area contributed by atoms with Gasteiger partial charge in [0.2, 0.25) is 10.0 Å². The molecule has 1 aliphatic heterocycles. The topological polar surface area (TPSA) is 84.5 Å². The van der Waals surface area contributed by atoms with Gasteiger partial charge >= 0.3 is 0 Å². The van der Waals surface area contributed by atoms with E-state index in [4.69, 9.17) is 4.74 Å². The standard InChI is InChI=1S/C18H20N2O4S/c1-13-5-4-6-14(11-13)12-25(22,23)19-10-9-17-18(21)20-15-7-2-3-8-16(15)24-17/h2-8,11,17,19H,9-10,12H2,1H3,(H,20,21). The maximum atomic E-state index is 12.2. The highest BCUT2D eigenvalue weighted by Gasteiger charge is 2.27. The minimum atomic E-state index is -3.47. The summed E-state index contributed by atoms with van der Waals surface area (Å²) >= 11 is 0. The summed E-state index contributed by atoms with van der Waals surface area (Å²) < 4.78 is 32.5. The lowest BCUT2D eigenvalue weighted by molar-refractivity contribution is -0.123. The molecule has 0 aliphatic carbocycles. The van der Waals surface area contributed by atoms with Crippen molar-refractivity contribution < 1.29 is 17.9 Å². The molecular weight excluding hydrogens is 340 g/mol. The molecule has 25 heavy (non-hydrogen) atoms. The zero-order valence-electron chi connectivity index (χ0n) is 13.9. The number of rotatable bonds is 6. The average Bonchev–Trinajstić information content (AvgIpc) is 2.54. The number of nitrogens with one attached hydrogen (secondary N) is 2. The molecule has 0 fully saturated rings. The maximum Gasteiger partial charge on any atom is 0.265 e. The fourth-order valence-electron chi connectivity index (χ4n) is 2.70. The molecule has 0 radical (unpaired) electrons. The number of fused-ring (bicyclic) bond motifs is 1. The monoisotopic (exact) mass is 360 g/mol. The molecule has 132 valence electrons. The van der Waals surface area contributed by atoms with Gasteiger partial charge in [-0.1, -0.05) is 42.0 Å². The van der Waals surface area contributed by atoms with Gasteiger partial charge in [0, 0.05) is 13.0 Å². The van der Waals surface area contributed by atoms with E-state index >= 15 is 0 Å². The van der Waals surface area contributed by atoms with Crippen LogP contribution in [0.25, 0.3) is 0 Å². The molecular formula is C18H20N2O4S. The molecule has 7 heteroatoms. The molecule has 0 aromatic heterocycles. The summed E-state index contributed by atoms with van der Waals surface area (Å²) in [6.45, 7) is 2.05. The van der Waals surface area contributed by atoms with E-state index in [9.17, 15) is 13.2 Å². The first kappa shape index (κ1) is 17.4. The molecule has 3 rings (SSSR count). The van der Waals surface area contributed by atoms with Crippen molar-refractivity contribution >= 4 is 21.6 Å². The van der Waals surface area contributed by atoms with Crippen LogP contribution >= 0.6 is 0 Å². The second-order valence-electron chi connectivity index (χ2n) is 6.02. The van der Waals surface area contributed by atoms with Crippen molar-refractivity contribution in [2.24, 2.45) is 0 Å². The largest absolute Gasteiger partial charge is 0.478 e. The number of ether oxygens (including phenoxy) is 1. The van der Waals surface area contributed by atoms with E-state index < -0.39 is 16.1 Å². The lowest BCUT2D eigenvalue weighted by Gasteiger charge is -2.25. The smallest absolute Gasteiger partial charge is 0.265 e. The fraction of sp³-hybridized carbons (Fsp3) is 0.278. The third-order valence-corrected chi connectivity index (χ3v) is 5.23. The number of anilines is 1. The fourth-order valence-corrected chi connectivity index (χ4v) is 3.85. The summed E-state index contributed by atoms with van der Waals surface area (Å²) in [5, 5.41) is 2.76. The molecule has 1 amide bonds. The number of para-hydroxylation sites is 2. The molecule has 1 heterocycles. The predicted molar refractivity (Wildman–Crippen MR) is 95.9 cm³/mol. The van der Waals surface area contributed by atoms with Gasteiger partial charge in [0.25, 0.3) is 5.91 Å². The molecule has 1 aliphatic rings. The van der Waals surface area contributed by atoms with Crippen molar-refractivity contribution in [2.45, 2.75) is 25.2 Å². The van der Waals surface area contributed by atoms with Crippen molar-refractivity contribution in [1.82, 2.24) is 4.72 Å². The van der Waals surface area contributed by atoms with Crippen molar-refractivity contribution in [2.75, 3.05) is 11.9 Å². The lowest BCUT2D eigenvalue weighted by atomic mass is 10.2. The molecule has 0 saturated heterocycles. The Morgan fingerprint density at radius 3 is 2.76 bits per heavy atom. The van der Waals surface area contributed by atoms with E-state index in [1.54, 1.807) is 18.2 Å². The molecule has 1 unspecified atom stereocenters. The number of hydrogen-bond acceptors (Lipinski definition) is 4. The Kier molecular flexibility index (Phi) is 5.06. The first-order chi connectivity index (χ1) is 11.9. The van der Waals surface area contributed by atoms with E-state index in [0.29, 0.717) is 11.4 Å². The number of carbonyl (C=O) groups is 1. The molecule has 2 aromatic rings. The van der Waals surface area contributed by atoms with Gasteiger partial charge in [-0.05, 0) is 24.6 Å². The third kappa shape index (κ3) is 4.58. The Morgan fingerprint density at radius 1 is 1.16 bits per heavy atom. The Labute approximate surface area is 147 Å². The van der Waals surface area contributed by atoms with Crippen LogP contribution in [0, 0.1) is 6.92 Å². The van der Waals surface area contributed by atoms with Gasteiger partial charge in [0.05, 0.1) is 11.4 Å². The van der Waals surface area contributed by atoms with Crippen molar-refractivity contribution in [3.05, 3.63) is 59.7 Å². The zero-order valence-corrected chi connectivity index (χ0v) is 14.7. The molecule has 6 nitrogen and oxygen atoms in total. The SMILES string of the molecule is Cc1cccc(CS(=O)(=O)NCCC2Oc3ccccc3NC2=O)c1. The first-order valence-electron chi connectivity index (χ1n) is 8.02. The van der Waals surface area contributed by atoms with Crippen LogP contribution in [0.2, 0.25) is 0 Å². The van der Waals surface area contributed by atoms with Crippen LogP contribution in [0.4, 0.5) is 5.69 Å². The number of aryl methyl sites for hydroxylation is 1. The van der Waals surface area contributed by atoms with Crippen LogP contribution < -0.4 is 14.8 Å². The summed E-state index contributed by atoms with van der Waals surface area (Å²) in [4.78, 5) is 12.0. The Balaban J connectivity index is 1.55. The highest BCUT2D eigenvalue weighted by Crippen LogP contribution is 2.29. The van der Waals surface area contributed by atoms with Crippen molar-refractivity contribution in [1.29, 1.82) is 0 Å². The molecule has 2 aromatic carbocycles. The number of carbonyl (C=O) groups excluding carboxylic acids is 1. The summed E-state index contributed by atoms with van der Waals surface area (Å²) in [5.41, 5.74) is 2.37. The highest BCUT2D eigenvalue weighted by molar-refractivity contribution is 7.88. The quantitative estimate of drug-likeness (QED) is 0.827. The molecule has 0 saturated carbocycles. The molecule has 0 spiro atoms. The third-order valence-electron chi connectivity index (χ3n) is 3.87. The van der Waals surface area contributed by atoms with Gasteiger partial charge in [-0.3, -0.25) is 4.79 Å². The zero-order chi connectivity index (χ0) is 17.9. The summed E-state index contributed by atoms with van der Waals surface area (Å²) in [5.74, 6) is 0.237. The number of benzene rings is 2. The number of amides is 1. The first-order valence-corrected chi connectivity index (χ1v) is 9.68. The van der Waals surface area contributed by atoms with Crippen LogP contribution in [0.15, 0.2) is 48.5 Å². The second kappa shape index (κ2) is 7.25. The minimum Gasteiger partial charge on any atom is -0.478 e. The molecule has 1 atom stereocenters. The minimum absolute atomic E-state index is 0.0881. The summed E-state index contributed by atoms with van der Waals surface area (Å²) in [7, 11) is -3.47. The van der Waals surface area contributed by atoms with Gasteiger partial charge < -0.3 is 10.1 Å². The number of sulfonamides is 1. The van der Waals surface area contributed by atoms with Gasteiger partial charge in [-0.15, -0.1) is 0 Å². The van der Waals surface area contributed by atoms with E-state index in [1.807, 2.05) is 37.3 Å². The van der Waals surface area contributed by atoms with E-state index in [0.717, 1.165) is 11.1 Å². The molecule has 2 N–H and O–H groups in total. The van der Waals surface area contributed by atoms with Gasteiger partial charge in [-0.2, -0.15) is 0 Å². The predicted octanol–water partition coefficient (Wildman–Crippen LogP) is 2.20. The average molecular weight is 360 g/mol. The van der Waals surface area contributed by atoms with E-state index in [-0.39, 0.29) is 24.6 Å². The Morgan fingerprint density at radius 2 is 1.96 bits per heavy atom. The Bertz CT molecular complexity index is 880. The van der Waals surface area contributed by atoms with E-state index in [1.165, 1.54) is 0 Å². The lowest BCUT2D eigenvalue weighted by Crippen LogP contribution is -2.39. The van der Waals surface area contributed by atoms with Gasteiger partial charge in [0.1, 0.15) is 5.75 Å².